The molecule has 0 spiro atoms. The van der Waals surface area contributed by atoms with E-state index in [2.05, 4.69) is 25.6 Å². The summed E-state index contributed by atoms with van der Waals surface area (Å²) in [5.74, 6) is 0. The van der Waals surface area contributed by atoms with Gasteiger partial charge in [0.25, 0.3) is 10.0 Å². The number of nitrogens with two attached hydrogens (primary N) is 1. The molecule has 2 aromatic rings. The highest BCUT2D eigenvalue weighted by Gasteiger charge is 2.21. The summed E-state index contributed by atoms with van der Waals surface area (Å²) in [6.45, 7) is 1.67. The molecule has 0 aliphatic rings. The zero-order chi connectivity index (χ0) is 14.9. The van der Waals surface area contributed by atoms with Crippen LogP contribution in [0.25, 0.3) is 0 Å². The van der Waals surface area contributed by atoms with Gasteiger partial charge >= 0.3 is 0 Å². The van der Waals surface area contributed by atoms with Gasteiger partial charge in [-0.1, -0.05) is 23.7 Å². The van der Waals surface area contributed by atoms with E-state index in [0.29, 0.717) is 10.0 Å². The minimum Gasteiger partial charge on any atom is -0.398 e. The Morgan fingerprint density at radius 2 is 2.10 bits per heavy atom. The van der Waals surface area contributed by atoms with Crippen molar-refractivity contribution < 1.29 is 8.42 Å². The number of sulfonamides is 1. The quantitative estimate of drug-likeness (QED) is 0.636. The van der Waals surface area contributed by atoms with E-state index in [0.717, 1.165) is 0 Å². The van der Waals surface area contributed by atoms with Crippen LogP contribution in [0, 0.1) is 6.92 Å². The maximum absolute atomic E-state index is 12.4. The van der Waals surface area contributed by atoms with E-state index in [9.17, 15) is 8.42 Å². The van der Waals surface area contributed by atoms with Crippen LogP contribution < -0.4 is 10.5 Å². The van der Waals surface area contributed by atoms with Gasteiger partial charge < -0.3 is 5.73 Å². The summed E-state index contributed by atoms with van der Waals surface area (Å²) in [6, 6.07) is 6.42. The Labute approximate surface area is 130 Å². The Hall–Kier alpha value is -1.31. The highest BCUT2D eigenvalue weighted by Crippen LogP contribution is 2.28. The minimum absolute atomic E-state index is 0.0380. The summed E-state index contributed by atoms with van der Waals surface area (Å²) in [5, 5.41) is 0.0592. The molecular formula is C12H11BrClN3O2S. The van der Waals surface area contributed by atoms with Crippen LogP contribution in [0.2, 0.25) is 5.15 Å². The predicted octanol–water partition coefficient (Wildman–Crippen LogP) is 3.19. The first-order valence-electron chi connectivity index (χ1n) is 5.50. The van der Waals surface area contributed by atoms with E-state index >= 15 is 0 Å². The number of halogens is 2. The molecule has 0 aliphatic heterocycles. The second-order valence-corrected chi connectivity index (χ2v) is 6.98. The lowest BCUT2D eigenvalue weighted by Gasteiger charge is -2.13. The van der Waals surface area contributed by atoms with Gasteiger partial charge in [-0.25, -0.2) is 13.4 Å². The zero-order valence-electron chi connectivity index (χ0n) is 10.4. The smallest absolute Gasteiger partial charge is 0.264 e. The van der Waals surface area contributed by atoms with E-state index in [1.165, 1.54) is 18.3 Å². The van der Waals surface area contributed by atoms with Crippen LogP contribution >= 0.6 is 27.5 Å². The van der Waals surface area contributed by atoms with Crippen molar-refractivity contribution in [3.63, 3.8) is 0 Å². The highest BCUT2D eigenvalue weighted by atomic mass is 79.9. The molecule has 20 heavy (non-hydrogen) atoms. The summed E-state index contributed by atoms with van der Waals surface area (Å²) in [6.07, 6.45) is 1.47. The van der Waals surface area contributed by atoms with Gasteiger partial charge in [0.05, 0.1) is 11.4 Å². The molecule has 0 fully saturated rings. The van der Waals surface area contributed by atoms with E-state index in [1.807, 2.05) is 0 Å². The highest BCUT2D eigenvalue weighted by molar-refractivity contribution is 9.10. The Morgan fingerprint density at radius 1 is 1.40 bits per heavy atom. The third kappa shape index (κ3) is 3.05. The number of nitrogens with one attached hydrogen (secondary N) is 1. The monoisotopic (exact) mass is 375 g/mol. The first kappa shape index (κ1) is 15.1. The topological polar surface area (TPSA) is 85.1 Å². The summed E-state index contributed by atoms with van der Waals surface area (Å²) in [7, 11) is -3.83. The second kappa shape index (κ2) is 5.59. The van der Waals surface area contributed by atoms with Gasteiger partial charge in [0.2, 0.25) is 0 Å². The number of aryl methyl sites for hydroxylation is 1. The van der Waals surface area contributed by atoms with Crippen LogP contribution in [-0.2, 0) is 10.0 Å². The fourth-order valence-electron chi connectivity index (χ4n) is 1.73. The van der Waals surface area contributed by atoms with Crippen LogP contribution in [0.3, 0.4) is 0 Å². The molecule has 2 rings (SSSR count). The minimum atomic E-state index is -3.83. The second-order valence-electron chi connectivity index (χ2n) is 4.09. The average Bonchev–Trinajstić information content (AvgIpc) is 2.33. The summed E-state index contributed by atoms with van der Waals surface area (Å²) >= 11 is 9.09. The molecule has 5 nitrogen and oxygen atoms in total. The largest absolute Gasteiger partial charge is 0.398 e. The van der Waals surface area contributed by atoms with Gasteiger partial charge in [-0.3, -0.25) is 4.72 Å². The van der Waals surface area contributed by atoms with Gasteiger partial charge in [-0.05, 0) is 40.5 Å². The molecule has 0 aliphatic carbocycles. The lowest BCUT2D eigenvalue weighted by Crippen LogP contribution is -2.16. The van der Waals surface area contributed by atoms with Crippen molar-refractivity contribution >= 4 is 48.9 Å². The molecule has 1 aromatic heterocycles. The van der Waals surface area contributed by atoms with Crippen molar-refractivity contribution in [2.24, 2.45) is 0 Å². The van der Waals surface area contributed by atoms with Gasteiger partial charge in [-0.15, -0.1) is 0 Å². The zero-order valence-corrected chi connectivity index (χ0v) is 13.6. The van der Waals surface area contributed by atoms with E-state index in [4.69, 9.17) is 17.3 Å². The van der Waals surface area contributed by atoms with Crippen molar-refractivity contribution in [2.75, 3.05) is 10.5 Å². The van der Waals surface area contributed by atoms with Crippen molar-refractivity contribution in [3.8, 4) is 0 Å². The molecular weight excluding hydrogens is 366 g/mol. The van der Waals surface area contributed by atoms with Crippen LogP contribution in [0.15, 0.2) is 39.8 Å². The molecule has 0 unspecified atom stereocenters. The molecule has 106 valence electrons. The van der Waals surface area contributed by atoms with E-state index < -0.39 is 10.0 Å². The van der Waals surface area contributed by atoms with Gasteiger partial charge in [-0.2, -0.15) is 0 Å². The number of aromatic nitrogens is 1. The van der Waals surface area contributed by atoms with E-state index in [1.54, 1.807) is 19.1 Å². The first-order valence-corrected chi connectivity index (χ1v) is 8.15. The number of nitrogens with zero attached hydrogens (tertiary/aromatic N) is 1. The third-order valence-corrected chi connectivity index (χ3v) is 4.88. The molecule has 0 atom stereocenters. The maximum Gasteiger partial charge on any atom is 0.264 e. The number of rotatable bonds is 3. The molecule has 0 saturated carbocycles. The van der Waals surface area contributed by atoms with Gasteiger partial charge in [0.1, 0.15) is 4.90 Å². The molecule has 3 N–H and O–H groups in total. The molecule has 0 saturated heterocycles. The number of benzene rings is 1. The van der Waals surface area contributed by atoms with Crippen LogP contribution in [0.4, 0.5) is 11.4 Å². The van der Waals surface area contributed by atoms with E-state index in [-0.39, 0.29) is 21.4 Å². The number of anilines is 2. The predicted molar refractivity (Wildman–Crippen MR) is 83.3 cm³/mol. The Kier molecular flexibility index (Phi) is 4.22. The summed E-state index contributed by atoms with van der Waals surface area (Å²) in [4.78, 5) is 3.90. The number of pyridine rings is 1. The average molecular weight is 377 g/mol. The molecule has 0 amide bonds. The standard InChI is InChI=1S/C12H11BrClN3O2S/c1-7-3-2-4-9(15)11(7)20(18,19)17-10-5-8(13)6-16-12(10)14/h2-6,17H,15H2,1H3. The van der Waals surface area contributed by atoms with Crippen molar-refractivity contribution in [1.29, 1.82) is 0 Å². The lowest BCUT2D eigenvalue weighted by molar-refractivity contribution is 0.601. The molecule has 8 heteroatoms. The molecule has 0 bridgehead atoms. The van der Waals surface area contributed by atoms with Crippen LogP contribution in [0.1, 0.15) is 5.56 Å². The van der Waals surface area contributed by atoms with Crippen LogP contribution in [-0.4, -0.2) is 13.4 Å². The maximum atomic E-state index is 12.4. The normalized spacial score (nSPS) is 11.3. The fraction of sp³-hybridized carbons (Fsp3) is 0.0833. The number of nitrogen functional groups attached to an aromatic ring is 1. The Bertz CT molecular complexity index is 745. The lowest BCUT2D eigenvalue weighted by atomic mass is 10.2. The van der Waals surface area contributed by atoms with Crippen molar-refractivity contribution in [2.45, 2.75) is 11.8 Å². The van der Waals surface area contributed by atoms with Gasteiger partial charge in [0.15, 0.2) is 5.15 Å². The molecule has 1 heterocycles. The number of hydrogen-bond acceptors (Lipinski definition) is 4. The van der Waals surface area contributed by atoms with Crippen molar-refractivity contribution in [3.05, 3.63) is 45.7 Å². The third-order valence-electron chi connectivity index (χ3n) is 2.56. The fourth-order valence-corrected chi connectivity index (χ4v) is 3.69. The SMILES string of the molecule is Cc1cccc(N)c1S(=O)(=O)Nc1cc(Br)cnc1Cl. The van der Waals surface area contributed by atoms with Gasteiger partial charge in [0, 0.05) is 10.7 Å². The van der Waals surface area contributed by atoms with Crippen molar-refractivity contribution in [1.82, 2.24) is 4.98 Å². The summed E-state index contributed by atoms with van der Waals surface area (Å²) in [5.41, 5.74) is 6.67. The Morgan fingerprint density at radius 3 is 2.75 bits per heavy atom. The van der Waals surface area contributed by atoms with Crippen LogP contribution in [0.5, 0.6) is 0 Å². The molecule has 0 radical (unpaired) electrons. The Balaban J connectivity index is 2.49. The summed E-state index contributed by atoms with van der Waals surface area (Å²) < 4.78 is 27.8. The number of hydrogen-bond donors (Lipinski definition) is 2. The first-order chi connectivity index (χ1) is 9.31. The molecule has 1 aromatic carbocycles.